The number of rotatable bonds is 7. The van der Waals surface area contributed by atoms with E-state index < -0.39 is 5.97 Å². The number of carbonyl (C=O) groups excluding carboxylic acids is 1. The molecule has 5 nitrogen and oxygen atoms in total. The number of methoxy groups -OCH3 is 1. The molecular weight excluding hydrogens is 378 g/mol. The standard InChI is InChI=1S/C25H27NO4/c1-17-14-21(23(15-18(17)2)24(26-29-4)25(27)28-3)16-30-22-12-10-20(11-13-22)19-8-6-5-7-9-19/h5-13H,14-16H2,1-4H3/b26-24+. The van der Waals surface area contributed by atoms with Gasteiger partial charge < -0.3 is 14.3 Å². The second-order valence-corrected chi connectivity index (χ2v) is 7.29. The molecule has 30 heavy (non-hydrogen) atoms. The van der Waals surface area contributed by atoms with Crippen LogP contribution in [0.3, 0.4) is 0 Å². The molecule has 0 aromatic heterocycles. The van der Waals surface area contributed by atoms with Crippen LogP contribution in [0.25, 0.3) is 11.1 Å². The molecule has 0 fully saturated rings. The number of oxime groups is 1. The van der Waals surface area contributed by atoms with E-state index in [2.05, 4.69) is 31.1 Å². The summed E-state index contributed by atoms with van der Waals surface area (Å²) in [5, 5.41) is 3.93. The lowest BCUT2D eigenvalue weighted by Gasteiger charge is -2.23. The molecular formula is C25H27NO4. The van der Waals surface area contributed by atoms with Crippen molar-refractivity contribution in [1.29, 1.82) is 0 Å². The van der Waals surface area contributed by atoms with Crippen molar-refractivity contribution in [2.75, 3.05) is 20.8 Å². The van der Waals surface area contributed by atoms with Crippen LogP contribution in [0.4, 0.5) is 0 Å². The zero-order valence-corrected chi connectivity index (χ0v) is 17.9. The number of carbonyl (C=O) groups is 1. The van der Waals surface area contributed by atoms with Crippen LogP contribution in [0.1, 0.15) is 26.7 Å². The van der Waals surface area contributed by atoms with E-state index >= 15 is 0 Å². The molecule has 0 aliphatic heterocycles. The SMILES string of the molecule is CO/N=C(/C(=O)OC)C1=C(COc2ccc(-c3ccccc3)cc2)CC(C)=C(C)C1. The van der Waals surface area contributed by atoms with Crippen LogP contribution in [0, 0.1) is 0 Å². The Morgan fingerprint density at radius 3 is 2.17 bits per heavy atom. The molecule has 0 bridgehead atoms. The van der Waals surface area contributed by atoms with E-state index in [1.807, 2.05) is 42.5 Å². The highest BCUT2D eigenvalue weighted by Gasteiger charge is 2.26. The van der Waals surface area contributed by atoms with E-state index in [-0.39, 0.29) is 5.71 Å². The Morgan fingerprint density at radius 1 is 0.900 bits per heavy atom. The van der Waals surface area contributed by atoms with Gasteiger partial charge in [0.05, 0.1) is 7.11 Å². The molecule has 0 radical (unpaired) electrons. The second-order valence-electron chi connectivity index (χ2n) is 7.29. The molecule has 0 N–H and O–H groups in total. The summed E-state index contributed by atoms with van der Waals surface area (Å²) in [6, 6.07) is 18.2. The van der Waals surface area contributed by atoms with Crippen LogP contribution < -0.4 is 4.74 Å². The third-order valence-electron chi connectivity index (χ3n) is 5.30. The topological polar surface area (TPSA) is 57.1 Å². The molecule has 0 saturated carbocycles. The van der Waals surface area contributed by atoms with Crippen molar-refractivity contribution in [3.8, 4) is 16.9 Å². The molecule has 2 aromatic rings. The first-order chi connectivity index (χ1) is 14.5. The third-order valence-corrected chi connectivity index (χ3v) is 5.30. The van der Waals surface area contributed by atoms with Crippen LogP contribution in [-0.2, 0) is 14.4 Å². The van der Waals surface area contributed by atoms with Crippen molar-refractivity contribution < 1.29 is 19.1 Å². The summed E-state index contributed by atoms with van der Waals surface area (Å²) in [6.07, 6.45) is 1.34. The molecule has 0 amide bonds. The minimum Gasteiger partial charge on any atom is -0.489 e. The first-order valence-corrected chi connectivity index (χ1v) is 9.87. The van der Waals surface area contributed by atoms with Gasteiger partial charge in [-0.25, -0.2) is 4.79 Å². The highest BCUT2D eigenvalue weighted by molar-refractivity contribution is 6.43. The number of allylic oxidation sites excluding steroid dienone is 2. The average molecular weight is 405 g/mol. The lowest BCUT2D eigenvalue weighted by atomic mass is 9.85. The molecule has 0 saturated heterocycles. The molecule has 0 spiro atoms. The molecule has 0 heterocycles. The molecule has 3 rings (SSSR count). The van der Waals surface area contributed by atoms with Gasteiger partial charge in [-0.3, -0.25) is 0 Å². The van der Waals surface area contributed by atoms with Gasteiger partial charge in [0.1, 0.15) is 19.5 Å². The summed E-state index contributed by atoms with van der Waals surface area (Å²) in [7, 11) is 2.76. The predicted octanol–water partition coefficient (Wildman–Crippen LogP) is 5.33. The number of hydrogen-bond acceptors (Lipinski definition) is 5. The minimum absolute atomic E-state index is 0.199. The highest BCUT2D eigenvalue weighted by atomic mass is 16.6. The first-order valence-electron chi connectivity index (χ1n) is 9.87. The fraction of sp³-hybridized carbons (Fsp3) is 0.280. The minimum atomic E-state index is -0.510. The normalized spacial score (nSPS) is 14.6. The van der Waals surface area contributed by atoms with E-state index in [9.17, 15) is 4.79 Å². The summed E-state index contributed by atoms with van der Waals surface area (Å²) in [4.78, 5) is 17.2. The molecule has 0 unspecified atom stereocenters. The zero-order valence-electron chi connectivity index (χ0n) is 17.9. The fourth-order valence-electron chi connectivity index (χ4n) is 3.46. The van der Waals surface area contributed by atoms with Crippen LogP contribution >= 0.6 is 0 Å². The Bertz CT molecular complexity index is 986. The van der Waals surface area contributed by atoms with E-state index in [1.54, 1.807) is 0 Å². The number of esters is 1. The Balaban J connectivity index is 1.81. The third kappa shape index (κ3) is 4.98. The summed E-state index contributed by atoms with van der Waals surface area (Å²) < 4.78 is 11.0. The van der Waals surface area contributed by atoms with Crippen molar-refractivity contribution in [1.82, 2.24) is 0 Å². The maximum atomic E-state index is 12.3. The van der Waals surface area contributed by atoms with Crippen LogP contribution in [0.2, 0.25) is 0 Å². The molecule has 5 heteroatoms. The molecule has 2 aromatic carbocycles. The van der Waals surface area contributed by atoms with E-state index in [4.69, 9.17) is 14.3 Å². The summed E-state index contributed by atoms with van der Waals surface area (Å²) in [5.41, 5.74) is 6.81. The van der Waals surface area contributed by atoms with Gasteiger partial charge >= 0.3 is 5.97 Å². The molecule has 1 aliphatic rings. The smallest absolute Gasteiger partial charge is 0.360 e. The average Bonchev–Trinajstić information content (AvgIpc) is 2.78. The van der Waals surface area contributed by atoms with Crippen molar-refractivity contribution in [2.24, 2.45) is 5.16 Å². The highest BCUT2D eigenvalue weighted by Crippen LogP contribution is 2.32. The van der Waals surface area contributed by atoms with Gasteiger partial charge in [0, 0.05) is 0 Å². The number of nitrogens with zero attached hydrogens (tertiary/aromatic N) is 1. The van der Waals surface area contributed by atoms with Gasteiger partial charge in [0.2, 0.25) is 0 Å². The van der Waals surface area contributed by atoms with Crippen LogP contribution in [0.15, 0.2) is 82.0 Å². The maximum Gasteiger partial charge on any atom is 0.360 e. The zero-order chi connectivity index (χ0) is 21.5. The Kier molecular flexibility index (Phi) is 7.07. The molecule has 0 atom stereocenters. The van der Waals surface area contributed by atoms with Gasteiger partial charge in [-0.05, 0) is 61.1 Å². The number of benzene rings is 2. The molecule has 156 valence electrons. The van der Waals surface area contributed by atoms with Gasteiger partial charge in [0.15, 0.2) is 5.71 Å². The van der Waals surface area contributed by atoms with E-state index in [0.717, 1.165) is 34.4 Å². The van der Waals surface area contributed by atoms with Crippen LogP contribution in [-0.4, -0.2) is 32.5 Å². The number of ether oxygens (including phenoxy) is 2. The van der Waals surface area contributed by atoms with E-state index in [0.29, 0.717) is 13.0 Å². The monoisotopic (exact) mass is 405 g/mol. The summed E-state index contributed by atoms with van der Waals surface area (Å²) >= 11 is 0. The summed E-state index contributed by atoms with van der Waals surface area (Å²) in [6.45, 7) is 4.54. The summed E-state index contributed by atoms with van der Waals surface area (Å²) in [5.74, 6) is 0.262. The van der Waals surface area contributed by atoms with Crippen molar-refractivity contribution >= 4 is 11.7 Å². The van der Waals surface area contributed by atoms with E-state index in [1.165, 1.54) is 25.4 Å². The van der Waals surface area contributed by atoms with Gasteiger partial charge in [-0.15, -0.1) is 0 Å². The van der Waals surface area contributed by atoms with Gasteiger partial charge in [0.25, 0.3) is 0 Å². The fourth-order valence-corrected chi connectivity index (χ4v) is 3.46. The quantitative estimate of drug-likeness (QED) is 0.270. The van der Waals surface area contributed by atoms with Gasteiger partial charge in [-0.1, -0.05) is 58.8 Å². The Hall–Kier alpha value is -3.34. The maximum absolute atomic E-state index is 12.3. The van der Waals surface area contributed by atoms with Gasteiger partial charge in [-0.2, -0.15) is 0 Å². The number of hydrogen-bond donors (Lipinski definition) is 0. The largest absolute Gasteiger partial charge is 0.489 e. The predicted molar refractivity (Wildman–Crippen MR) is 118 cm³/mol. The second kappa shape index (κ2) is 9.92. The van der Waals surface area contributed by atoms with Crippen molar-refractivity contribution in [3.05, 3.63) is 76.9 Å². The molecule has 1 aliphatic carbocycles. The van der Waals surface area contributed by atoms with Crippen LogP contribution in [0.5, 0.6) is 5.75 Å². The Labute approximate surface area is 177 Å². The first kappa shape index (κ1) is 21.4. The Morgan fingerprint density at radius 2 is 1.53 bits per heavy atom. The lowest BCUT2D eigenvalue weighted by molar-refractivity contribution is -0.132. The van der Waals surface area contributed by atoms with Crippen molar-refractivity contribution in [2.45, 2.75) is 26.7 Å². The lowest BCUT2D eigenvalue weighted by Crippen LogP contribution is -2.24. The van der Waals surface area contributed by atoms with Crippen molar-refractivity contribution in [3.63, 3.8) is 0 Å².